The SMILES string of the molecule is CC[C@H](C)[C@@H]1NC(=O)[C@H](CC(C)C)N(C)C(=O)C[C@@H](C(=O)N2CCCCC2)N(C)C(=O)[C@H](C2CCCCC2)N(C)C(=O)C2(CCCC2)NC(=O)C2CCCN2C(=O)[C@H](CCc2ccc(C(F)(F)F)c(Cl)c2)NC(=O)CN(C)C(=O)[C@H](CCCCC(F)F)N(C)C(=O)CN(C)C(=O)CN(C)C1=O. The number of likely N-dealkylation sites (tertiary alicyclic amines) is 1. The van der Waals surface area contributed by atoms with Gasteiger partial charge in [0.25, 0.3) is 0 Å². The Morgan fingerprint density at radius 1 is 0.634 bits per heavy atom. The molecule has 24 nitrogen and oxygen atoms in total. The van der Waals surface area contributed by atoms with Crippen LogP contribution >= 0.6 is 11.6 Å². The molecular weight excluding hydrogens is 1340 g/mol. The molecule has 1 unspecified atom stereocenters. The summed E-state index contributed by atoms with van der Waals surface area (Å²) in [6.45, 7) is 5.90. The second kappa shape index (κ2) is 37.3. The molecule has 0 aromatic heterocycles. The number of fused-ring (bicyclic) bond motifs is 1. The van der Waals surface area contributed by atoms with Crippen molar-refractivity contribution in [2.45, 2.75) is 236 Å². The van der Waals surface area contributed by atoms with E-state index in [1.807, 2.05) is 13.8 Å². The molecule has 1 aromatic rings. The minimum absolute atomic E-state index is 0.0116. The fourth-order valence-electron chi connectivity index (χ4n) is 14.8. The Bertz CT molecular complexity index is 3110. The van der Waals surface area contributed by atoms with E-state index in [9.17, 15) is 50.7 Å². The predicted octanol–water partition coefficient (Wildman–Crippen LogP) is 6.28. The van der Waals surface area contributed by atoms with Gasteiger partial charge < -0.3 is 60.0 Å². The lowest BCUT2D eigenvalue weighted by atomic mass is 9.81. The Kier molecular flexibility index (Phi) is 30.6. The van der Waals surface area contributed by atoms with E-state index < -0.39 is 186 Å². The van der Waals surface area contributed by atoms with Crippen molar-refractivity contribution in [2.75, 3.05) is 88.6 Å². The summed E-state index contributed by atoms with van der Waals surface area (Å²) in [5.41, 5.74) is -2.46. The van der Waals surface area contributed by atoms with E-state index in [-0.39, 0.29) is 82.2 Å². The molecule has 3 heterocycles. The summed E-state index contributed by atoms with van der Waals surface area (Å²) in [4.78, 5) is 189. The van der Waals surface area contributed by atoms with Crippen molar-refractivity contribution in [3.8, 4) is 0 Å². The molecule has 12 amide bonds. The van der Waals surface area contributed by atoms with E-state index in [4.69, 9.17) is 11.6 Å². The van der Waals surface area contributed by atoms with Crippen LogP contribution in [0, 0.1) is 17.8 Å². The van der Waals surface area contributed by atoms with E-state index in [2.05, 4.69) is 16.0 Å². The highest BCUT2D eigenvalue weighted by Gasteiger charge is 2.51. The molecule has 2 saturated carbocycles. The lowest BCUT2D eigenvalue weighted by molar-refractivity contribution is -0.157. The summed E-state index contributed by atoms with van der Waals surface area (Å²) < 4.78 is 68.4. The third-order valence-electron chi connectivity index (χ3n) is 21.2. The van der Waals surface area contributed by atoms with Gasteiger partial charge in [-0.25, -0.2) is 8.78 Å². The zero-order valence-electron chi connectivity index (χ0n) is 60.8. The smallest absolute Gasteiger partial charge is 0.343 e. The van der Waals surface area contributed by atoms with Crippen LogP contribution in [0.3, 0.4) is 0 Å². The molecule has 30 heteroatoms. The Morgan fingerprint density at radius 3 is 1.85 bits per heavy atom. The highest BCUT2D eigenvalue weighted by molar-refractivity contribution is 6.31. The van der Waals surface area contributed by atoms with Crippen LogP contribution in [0.4, 0.5) is 22.0 Å². The number of alkyl halides is 5. The van der Waals surface area contributed by atoms with E-state index in [1.54, 1.807) is 18.7 Å². The van der Waals surface area contributed by atoms with Crippen molar-refractivity contribution in [3.63, 3.8) is 0 Å². The van der Waals surface area contributed by atoms with Gasteiger partial charge in [0.1, 0.15) is 47.8 Å². The van der Waals surface area contributed by atoms with Crippen LogP contribution in [0.15, 0.2) is 18.2 Å². The normalized spacial score (nSPS) is 25.8. The quantitative estimate of drug-likeness (QED) is 0.137. The van der Waals surface area contributed by atoms with Crippen molar-refractivity contribution in [1.82, 2.24) is 60.0 Å². The molecule has 3 aliphatic heterocycles. The molecular formula is C71H108ClF5N12O12. The number of likely N-dealkylation sites (N-methyl/N-ethyl adjacent to an activating group) is 7. The first-order chi connectivity index (χ1) is 47.5. The van der Waals surface area contributed by atoms with Crippen LogP contribution in [0.25, 0.3) is 0 Å². The molecule has 0 radical (unpaired) electrons. The molecule has 566 valence electrons. The lowest BCUT2D eigenvalue weighted by Crippen LogP contribution is -2.65. The Hall–Kier alpha value is -7.20. The van der Waals surface area contributed by atoms with Gasteiger partial charge in [-0.3, -0.25) is 57.5 Å². The van der Waals surface area contributed by atoms with E-state index >= 15 is 28.8 Å². The van der Waals surface area contributed by atoms with Gasteiger partial charge in [-0.05, 0) is 125 Å². The van der Waals surface area contributed by atoms with Crippen LogP contribution in [0.2, 0.25) is 5.02 Å². The van der Waals surface area contributed by atoms with Gasteiger partial charge in [0.2, 0.25) is 77.3 Å². The molecule has 1 aromatic carbocycles. The van der Waals surface area contributed by atoms with Gasteiger partial charge in [0.05, 0.1) is 36.6 Å². The van der Waals surface area contributed by atoms with Crippen molar-refractivity contribution >= 4 is 82.5 Å². The summed E-state index contributed by atoms with van der Waals surface area (Å²) in [5, 5.41) is 7.97. The number of amides is 12. The van der Waals surface area contributed by atoms with Gasteiger partial charge in [-0.1, -0.05) is 90.3 Å². The number of benzene rings is 1. The number of piperidine rings is 1. The first-order valence-corrected chi connectivity index (χ1v) is 36.4. The molecule has 2 aliphatic carbocycles. The van der Waals surface area contributed by atoms with Gasteiger partial charge in [-0.15, -0.1) is 0 Å². The van der Waals surface area contributed by atoms with Gasteiger partial charge in [0.15, 0.2) is 0 Å². The minimum atomic E-state index is -4.79. The maximum absolute atomic E-state index is 15.8. The second-order valence-electron chi connectivity index (χ2n) is 29.1. The van der Waals surface area contributed by atoms with Crippen molar-refractivity contribution < 1.29 is 79.5 Å². The third kappa shape index (κ3) is 21.7. The molecule has 101 heavy (non-hydrogen) atoms. The predicted molar refractivity (Wildman–Crippen MR) is 367 cm³/mol. The van der Waals surface area contributed by atoms with E-state index in [1.165, 1.54) is 75.0 Å². The number of hydrogen-bond acceptors (Lipinski definition) is 12. The summed E-state index contributed by atoms with van der Waals surface area (Å²) in [5.74, 6) is -9.71. The summed E-state index contributed by atoms with van der Waals surface area (Å²) >= 11 is 6.12. The van der Waals surface area contributed by atoms with Crippen LogP contribution in [-0.4, -0.2) is 258 Å². The second-order valence-corrected chi connectivity index (χ2v) is 29.5. The molecule has 3 saturated heterocycles. The average molecular weight is 1450 g/mol. The van der Waals surface area contributed by atoms with Crippen LogP contribution in [0.1, 0.15) is 180 Å². The standard InChI is InChI=1S/C71H108ClF5N12O12/c1-12-45(4)60-67(99)83(7)42-58(92)81(5)43-59(93)84(8)52(26-17-18-28-55(73)74)65(97)82(6)41-56(90)78-50(32-30-46-29-31-48(49(72)39-46)71(75,76)77)64(96)89-37-23-27-51(89)63(95)80-70(33-19-20-34-70)69(101)87(11)61(47-24-15-13-16-25-47)68(100)86(10)54(66(98)88-35-21-14-22-36-88)40-57(91)85(9)53(38-44(2)3)62(94)79-60/h29,31,39,44-45,47,50-55,60-61H,12-28,30,32-38,40-43H2,1-11H3,(H,78,90)(H,79,94)(H,80,95)/t45-,50-,51?,52-,53-,54-,60-,61-/m0/s1. The molecule has 3 N–H and O–H groups in total. The van der Waals surface area contributed by atoms with Gasteiger partial charge in [0, 0.05) is 75.4 Å². The Balaban J connectivity index is 1.44. The Labute approximate surface area is 596 Å². The summed E-state index contributed by atoms with van der Waals surface area (Å²) in [6, 6.07) is -6.18. The number of rotatable bonds is 14. The summed E-state index contributed by atoms with van der Waals surface area (Å²) in [7, 11) is 9.48. The number of carbonyl (C=O) groups excluding carboxylic acids is 12. The highest BCUT2D eigenvalue weighted by Crippen LogP contribution is 2.38. The lowest BCUT2D eigenvalue weighted by Gasteiger charge is -2.43. The third-order valence-corrected chi connectivity index (χ3v) is 21.5. The number of halogens is 6. The zero-order valence-corrected chi connectivity index (χ0v) is 61.5. The molecule has 5 fully saturated rings. The van der Waals surface area contributed by atoms with Gasteiger partial charge >= 0.3 is 6.18 Å². The maximum Gasteiger partial charge on any atom is 0.417 e. The van der Waals surface area contributed by atoms with Crippen molar-refractivity contribution in [3.05, 3.63) is 34.3 Å². The van der Waals surface area contributed by atoms with Crippen LogP contribution < -0.4 is 16.0 Å². The minimum Gasteiger partial charge on any atom is -0.343 e. The number of hydrogen-bond donors (Lipinski definition) is 3. The first-order valence-electron chi connectivity index (χ1n) is 36.0. The first kappa shape index (κ1) is 82.8. The summed E-state index contributed by atoms with van der Waals surface area (Å²) in [6.07, 6.45) is -1.49. The molecule has 0 bridgehead atoms. The molecule has 1 spiro atoms. The molecule has 8 atom stereocenters. The molecule has 5 aliphatic rings. The van der Waals surface area contributed by atoms with Gasteiger partial charge in [-0.2, -0.15) is 13.2 Å². The Morgan fingerprint density at radius 2 is 1.25 bits per heavy atom. The fourth-order valence-corrected chi connectivity index (χ4v) is 15.1. The number of aryl methyl sites for hydroxylation is 1. The number of nitrogens with one attached hydrogen (secondary N) is 3. The van der Waals surface area contributed by atoms with E-state index in [0.29, 0.717) is 58.0 Å². The number of carbonyl (C=O) groups is 12. The number of unbranched alkanes of at least 4 members (excludes halogenated alkanes) is 1. The van der Waals surface area contributed by atoms with Crippen LogP contribution in [0.5, 0.6) is 0 Å². The highest BCUT2D eigenvalue weighted by atomic mass is 35.5. The zero-order chi connectivity index (χ0) is 75.0. The number of nitrogens with zero attached hydrogens (tertiary/aromatic N) is 9. The van der Waals surface area contributed by atoms with E-state index in [0.717, 1.165) is 57.4 Å². The van der Waals surface area contributed by atoms with Crippen molar-refractivity contribution in [2.24, 2.45) is 17.8 Å². The molecule has 6 rings (SSSR count). The fraction of sp³-hybridized carbons (Fsp3) is 0.746. The largest absolute Gasteiger partial charge is 0.417 e. The van der Waals surface area contributed by atoms with Crippen LogP contribution in [-0.2, 0) is 70.1 Å². The maximum atomic E-state index is 15.8. The van der Waals surface area contributed by atoms with Crippen molar-refractivity contribution in [1.29, 1.82) is 0 Å². The topological polar surface area (TPSA) is 270 Å². The monoisotopic (exact) mass is 1450 g/mol. The average Bonchev–Trinajstić information content (AvgIpc) is 1.76.